The van der Waals surface area contributed by atoms with Crippen molar-refractivity contribution in [2.24, 2.45) is 0 Å². The highest BCUT2D eigenvalue weighted by Crippen LogP contribution is 2.26. The van der Waals surface area contributed by atoms with Crippen LogP contribution in [0.4, 0.5) is 0 Å². The lowest BCUT2D eigenvalue weighted by Gasteiger charge is -2.11. The van der Waals surface area contributed by atoms with Gasteiger partial charge in [0.25, 0.3) is 0 Å². The number of para-hydroxylation sites is 2. The first-order chi connectivity index (χ1) is 11.9. The lowest BCUT2D eigenvalue weighted by atomic mass is 10.1. The zero-order chi connectivity index (χ0) is 16.4. The molecular formula is C20H18N2OS. The van der Waals surface area contributed by atoms with Gasteiger partial charge in [-0.25, -0.2) is 4.98 Å². The molecule has 0 spiro atoms. The van der Waals surface area contributed by atoms with Crippen molar-refractivity contribution in [2.75, 3.05) is 12.9 Å². The van der Waals surface area contributed by atoms with Crippen molar-refractivity contribution < 1.29 is 4.74 Å². The lowest BCUT2D eigenvalue weighted by molar-refractivity contribution is 0.299. The topological polar surface area (TPSA) is 27.1 Å². The van der Waals surface area contributed by atoms with E-state index in [1.807, 2.05) is 24.3 Å². The summed E-state index contributed by atoms with van der Waals surface area (Å²) in [6, 6.07) is 22.7. The van der Waals surface area contributed by atoms with Crippen molar-refractivity contribution in [1.29, 1.82) is 0 Å². The number of thioether (sulfide) groups is 1. The Hall–Kier alpha value is -2.46. The second-order valence-corrected chi connectivity index (χ2v) is 6.34. The molecule has 0 N–H and O–H groups in total. The third kappa shape index (κ3) is 2.74. The monoisotopic (exact) mass is 334 g/mol. The van der Waals surface area contributed by atoms with E-state index in [1.54, 1.807) is 11.8 Å². The molecule has 120 valence electrons. The molecule has 0 bridgehead atoms. The molecule has 0 aliphatic heterocycles. The fourth-order valence-corrected chi connectivity index (χ4v) is 3.59. The Bertz CT molecular complexity index is 988. The maximum atomic E-state index is 6.08. The van der Waals surface area contributed by atoms with E-state index in [2.05, 4.69) is 58.3 Å². The number of aromatic nitrogens is 2. The fourth-order valence-electron chi connectivity index (χ4n) is 2.99. The molecule has 0 radical (unpaired) electrons. The summed E-state index contributed by atoms with van der Waals surface area (Å²) >= 11 is 1.67. The van der Waals surface area contributed by atoms with E-state index in [-0.39, 0.29) is 0 Å². The highest BCUT2D eigenvalue weighted by molar-refractivity contribution is 7.98. The van der Waals surface area contributed by atoms with Gasteiger partial charge < -0.3 is 9.30 Å². The molecule has 4 rings (SSSR count). The molecular weight excluding hydrogens is 316 g/mol. The van der Waals surface area contributed by atoms with E-state index in [0.29, 0.717) is 6.61 Å². The summed E-state index contributed by atoms with van der Waals surface area (Å²) in [7, 11) is 0. The first-order valence-corrected chi connectivity index (χ1v) is 9.19. The van der Waals surface area contributed by atoms with Crippen LogP contribution in [0.1, 0.15) is 0 Å². The molecule has 24 heavy (non-hydrogen) atoms. The fraction of sp³-hybridized carbons (Fsp3) is 0.150. The van der Waals surface area contributed by atoms with Gasteiger partial charge in [0.1, 0.15) is 12.4 Å². The van der Waals surface area contributed by atoms with Gasteiger partial charge in [-0.1, -0.05) is 60.3 Å². The van der Waals surface area contributed by atoms with Crippen LogP contribution in [-0.2, 0) is 6.54 Å². The Morgan fingerprint density at radius 3 is 2.67 bits per heavy atom. The molecule has 0 saturated carbocycles. The Kier molecular flexibility index (Phi) is 4.13. The number of hydrogen-bond acceptors (Lipinski definition) is 3. The van der Waals surface area contributed by atoms with E-state index < -0.39 is 0 Å². The van der Waals surface area contributed by atoms with Crippen LogP contribution in [0.15, 0.2) is 71.9 Å². The van der Waals surface area contributed by atoms with Gasteiger partial charge in [-0.15, -0.1) is 0 Å². The molecule has 3 nitrogen and oxygen atoms in total. The molecule has 0 saturated heterocycles. The molecule has 0 atom stereocenters. The molecule has 0 aliphatic rings. The van der Waals surface area contributed by atoms with Crippen LogP contribution in [0.25, 0.3) is 21.8 Å². The van der Waals surface area contributed by atoms with E-state index in [9.17, 15) is 0 Å². The van der Waals surface area contributed by atoms with Crippen molar-refractivity contribution >= 4 is 33.6 Å². The molecule has 1 aromatic heterocycles. The van der Waals surface area contributed by atoms with Gasteiger partial charge in [0.2, 0.25) is 0 Å². The van der Waals surface area contributed by atoms with Gasteiger partial charge >= 0.3 is 0 Å². The molecule has 0 aliphatic carbocycles. The van der Waals surface area contributed by atoms with E-state index in [0.717, 1.165) is 33.9 Å². The minimum Gasteiger partial charge on any atom is -0.491 e. The SMILES string of the molecule is CSc1nc2ccccc2n1CCOc1cccc2ccccc12. The molecule has 3 aromatic carbocycles. The van der Waals surface area contributed by atoms with Crippen molar-refractivity contribution in [1.82, 2.24) is 9.55 Å². The summed E-state index contributed by atoms with van der Waals surface area (Å²) in [4.78, 5) is 4.68. The normalized spacial score (nSPS) is 11.2. The molecule has 4 heteroatoms. The van der Waals surface area contributed by atoms with Crippen LogP contribution >= 0.6 is 11.8 Å². The number of imidazole rings is 1. The van der Waals surface area contributed by atoms with Gasteiger partial charge in [0.05, 0.1) is 17.6 Å². The molecule has 0 fully saturated rings. The average Bonchev–Trinajstić information content (AvgIpc) is 3.00. The maximum Gasteiger partial charge on any atom is 0.168 e. The number of benzene rings is 3. The summed E-state index contributed by atoms with van der Waals surface area (Å²) in [5, 5.41) is 3.38. The first-order valence-electron chi connectivity index (χ1n) is 7.96. The smallest absolute Gasteiger partial charge is 0.168 e. The quantitative estimate of drug-likeness (QED) is 0.481. The molecule has 0 unspecified atom stereocenters. The minimum absolute atomic E-state index is 0.613. The molecule has 1 heterocycles. The first kappa shape index (κ1) is 15.1. The van der Waals surface area contributed by atoms with Crippen molar-refractivity contribution in [3.63, 3.8) is 0 Å². The van der Waals surface area contributed by atoms with Gasteiger partial charge in [-0.3, -0.25) is 0 Å². The van der Waals surface area contributed by atoms with E-state index in [1.165, 1.54) is 5.39 Å². The second kappa shape index (κ2) is 6.57. The van der Waals surface area contributed by atoms with Crippen LogP contribution in [0.5, 0.6) is 5.75 Å². The summed E-state index contributed by atoms with van der Waals surface area (Å²) in [6.07, 6.45) is 2.06. The summed E-state index contributed by atoms with van der Waals surface area (Å²) in [6.45, 7) is 1.39. The van der Waals surface area contributed by atoms with Crippen molar-refractivity contribution in [3.8, 4) is 5.75 Å². The Morgan fingerprint density at radius 2 is 1.75 bits per heavy atom. The predicted molar refractivity (Wildman–Crippen MR) is 101 cm³/mol. The molecule has 0 amide bonds. The van der Waals surface area contributed by atoms with Crippen LogP contribution in [-0.4, -0.2) is 22.4 Å². The average molecular weight is 334 g/mol. The zero-order valence-corrected chi connectivity index (χ0v) is 14.3. The van der Waals surface area contributed by atoms with Crippen LogP contribution in [0, 0.1) is 0 Å². The van der Waals surface area contributed by atoms with Gasteiger partial charge in [0.15, 0.2) is 5.16 Å². The maximum absolute atomic E-state index is 6.08. The lowest BCUT2D eigenvalue weighted by Crippen LogP contribution is -2.09. The van der Waals surface area contributed by atoms with Crippen molar-refractivity contribution in [3.05, 3.63) is 66.7 Å². The second-order valence-electron chi connectivity index (χ2n) is 5.56. The third-order valence-electron chi connectivity index (χ3n) is 4.12. The standard InChI is InChI=1S/C20H18N2OS/c1-24-20-21-17-10-4-5-11-18(17)22(20)13-14-23-19-12-6-8-15-7-2-3-9-16(15)19/h2-12H,13-14H2,1H3. The largest absolute Gasteiger partial charge is 0.491 e. The number of hydrogen-bond donors (Lipinski definition) is 0. The number of ether oxygens (including phenoxy) is 1. The highest BCUT2D eigenvalue weighted by atomic mass is 32.2. The van der Waals surface area contributed by atoms with Gasteiger partial charge in [-0.2, -0.15) is 0 Å². The van der Waals surface area contributed by atoms with Gasteiger partial charge in [0, 0.05) is 5.39 Å². The Labute approximate surface area is 145 Å². The third-order valence-corrected chi connectivity index (χ3v) is 4.80. The summed E-state index contributed by atoms with van der Waals surface area (Å²) < 4.78 is 8.31. The summed E-state index contributed by atoms with van der Waals surface area (Å²) in [5.41, 5.74) is 2.19. The van der Waals surface area contributed by atoms with E-state index >= 15 is 0 Å². The Morgan fingerprint density at radius 1 is 0.958 bits per heavy atom. The minimum atomic E-state index is 0.613. The number of nitrogens with zero attached hydrogens (tertiary/aromatic N) is 2. The number of fused-ring (bicyclic) bond motifs is 2. The Balaban J connectivity index is 1.57. The predicted octanol–water partition coefficient (Wildman–Crippen LogP) is 4.99. The summed E-state index contributed by atoms with van der Waals surface area (Å²) in [5.74, 6) is 0.934. The van der Waals surface area contributed by atoms with Crippen molar-refractivity contribution in [2.45, 2.75) is 11.7 Å². The van der Waals surface area contributed by atoms with Gasteiger partial charge in [-0.05, 0) is 29.8 Å². The molecule has 4 aromatic rings. The number of rotatable bonds is 5. The zero-order valence-electron chi connectivity index (χ0n) is 13.5. The van der Waals surface area contributed by atoms with E-state index in [4.69, 9.17) is 4.74 Å². The van der Waals surface area contributed by atoms with Crippen LogP contribution in [0.2, 0.25) is 0 Å². The highest BCUT2D eigenvalue weighted by Gasteiger charge is 2.09. The van der Waals surface area contributed by atoms with Crippen LogP contribution < -0.4 is 4.74 Å². The van der Waals surface area contributed by atoms with Crippen LogP contribution in [0.3, 0.4) is 0 Å².